The number of methoxy groups -OCH3 is 2. The molecule has 0 saturated carbocycles. The number of hydrogen-bond donors (Lipinski definition) is 1. The van der Waals surface area contributed by atoms with Crippen LogP contribution in [0.15, 0.2) is 18.2 Å². The highest BCUT2D eigenvalue weighted by Crippen LogP contribution is 2.43. The maximum absolute atomic E-state index is 11.2. The van der Waals surface area contributed by atoms with E-state index in [4.69, 9.17) is 9.47 Å². The van der Waals surface area contributed by atoms with Crippen molar-refractivity contribution in [2.45, 2.75) is 65.2 Å². The third kappa shape index (κ3) is 4.37. The smallest absolute Gasteiger partial charge is 0.303 e. The Labute approximate surface area is 162 Å². The van der Waals surface area contributed by atoms with Gasteiger partial charge in [0.2, 0.25) is 0 Å². The predicted molar refractivity (Wildman–Crippen MR) is 110 cm³/mol. The van der Waals surface area contributed by atoms with E-state index in [9.17, 15) is 9.90 Å². The molecule has 0 amide bonds. The molecule has 0 aliphatic heterocycles. The summed E-state index contributed by atoms with van der Waals surface area (Å²) in [6.07, 6.45) is 0.472. The molecule has 0 aromatic heterocycles. The molecule has 0 aliphatic carbocycles. The van der Waals surface area contributed by atoms with Crippen LogP contribution >= 0.6 is 0 Å². The van der Waals surface area contributed by atoms with Crippen molar-refractivity contribution in [1.82, 2.24) is 0 Å². The van der Waals surface area contributed by atoms with Gasteiger partial charge in [0.25, 0.3) is 0 Å². The Morgan fingerprint density at radius 1 is 0.926 bits per heavy atom. The Balaban J connectivity index is 2.92. The lowest BCUT2D eigenvalue weighted by atomic mass is 9.80. The molecule has 0 bridgehead atoms. The topological polar surface area (TPSA) is 55.8 Å². The molecule has 0 spiro atoms. The van der Waals surface area contributed by atoms with Crippen molar-refractivity contribution in [3.8, 4) is 11.5 Å². The zero-order chi connectivity index (χ0) is 20.6. The summed E-state index contributed by atoms with van der Waals surface area (Å²) in [6.45, 7) is 12.9. The molecule has 0 unspecified atom stereocenters. The molecule has 0 saturated heterocycles. The monoisotopic (exact) mass is 372 g/mol. The fraction of sp³-hybridized carbons (Fsp3) is 0.522. The zero-order valence-electron chi connectivity index (χ0n) is 17.8. The largest absolute Gasteiger partial charge is 0.496 e. The fourth-order valence-corrected chi connectivity index (χ4v) is 3.51. The number of rotatable bonds is 5. The van der Waals surface area contributed by atoms with Crippen LogP contribution in [0.3, 0.4) is 0 Å². The molecule has 4 heteroatoms. The average molecular weight is 373 g/mol. The number of carbonyl (C=O) groups is 1. The number of carboxylic acids is 1. The van der Waals surface area contributed by atoms with Crippen molar-refractivity contribution in [2.75, 3.05) is 14.2 Å². The molecule has 27 heavy (non-hydrogen) atoms. The third-order valence-corrected chi connectivity index (χ3v) is 4.92. The van der Waals surface area contributed by atoms with E-state index in [1.165, 1.54) is 0 Å². The van der Waals surface area contributed by atoms with Gasteiger partial charge in [-0.25, -0.2) is 0 Å². The van der Waals surface area contributed by atoms with Crippen LogP contribution in [0.5, 0.6) is 11.5 Å². The Morgan fingerprint density at radius 3 is 1.93 bits per heavy atom. The summed E-state index contributed by atoms with van der Waals surface area (Å²) in [5.41, 5.74) is 2.96. The van der Waals surface area contributed by atoms with Crippen LogP contribution in [-0.4, -0.2) is 25.3 Å². The number of benzene rings is 2. The van der Waals surface area contributed by atoms with Crippen molar-refractivity contribution >= 4 is 16.7 Å². The maximum Gasteiger partial charge on any atom is 0.303 e. The summed E-state index contributed by atoms with van der Waals surface area (Å²) in [4.78, 5) is 11.2. The van der Waals surface area contributed by atoms with Gasteiger partial charge in [-0.3, -0.25) is 4.79 Å². The van der Waals surface area contributed by atoms with E-state index in [2.05, 4.69) is 53.7 Å². The van der Waals surface area contributed by atoms with E-state index in [-0.39, 0.29) is 17.3 Å². The molecule has 4 nitrogen and oxygen atoms in total. The van der Waals surface area contributed by atoms with Gasteiger partial charge in [-0.1, -0.05) is 41.5 Å². The quantitative estimate of drug-likeness (QED) is 0.756. The molecule has 0 atom stereocenters. The molecule has 0 heterocycles. The predicted octanol–water partition coefficient (Wildman–Crippen LogP) is 5.47. The Morgan fingerprint density at radius 2 is 1.48 bits per heavy atom. The summed E-state index contributed by atoms with van der Waals surface area (Å²) in [5.74, 6) is 0.781. The van der Waals surface area contributed by atoms with E-state index < -0.39 is 5.97 Å². The minimum absolute atomic E-state index is 0.0579. The first-order chi connectivity index (χ1) is 12.4. The first-order valence-electron chi connectivity index (χ1n) is 9.34. The molecule has 2 rings (SSSR count). The van der Waals surface area contributed by atoms with E-state index in [0.717, 1.165) is 39.0 Å². The minimum Gasteiger partial charge on any atom is -0.496 e. The van der Waals surface area contributed by atoms with Gasteiger partial charge in [-0.15, -0.1) is 0 Å². The number of fused-ring (bicyclic) bond motifs is 1. The van der Waals surface area contributed by atoms with Crippen LogP contribution in [0.2, 0.25) is 0 Å². The number of aliphatic carboxylic acids is 1. The second-order valence-corrected chi connectivity index (χ2v) is 9.10. The highest BCUT2D eigenvalue weighted by molar-refractivity contribution is 5.92. The lowest BCUT2D eigenvalue weighted by Crippen LogP contribution is -2.16. The maximum atomic E-state index is 11.2. The van der Waals surface area contributed by atoms with Crippen molar-refractivity contribution in [3.63, 3.8) is 0 Å². The van der Waals surface area contributed by atoms with Crippen LogP contribution in [0.1, 0.15) is 64.7 Å². The molecule has 1 N–H and O–H groups in total. The Kier molecular flexibility index (Phi) is 5.79. The molecule has 148 valence electrons. The molecule has 2 aromatic carbocycles. The van der Waals surface area contributed by atoms with Gasteiger partial charge >= 0.3 is 5.97 Å². The summed E-state index contributed by atoms with van der Waals surface area (Å²) in [5, 5.41) is 11.3. The van der Waals surface area contributed by atoms with Crippen LogP contribution in [-0.2, 0) is 22.0 Å². The van der Waals surface area contributed by atoms with Gasteiger partial charge in [0.05, 0.1) is 14.2 Å². The lowest BCUT2D eigenvalue weighted by Gasteiger charge is -2.27. The number of aryl methyl sites for hydroxylation is 1. The van der Waals surface area contributed by atoms with Crippen molar-refractivity contribution in [2.24, 2.45) is 0 Å². The third-order valence-electron chi connectivity index (χ3n) is 4.92. The van der Waals surface area contributed by atoms with Crippen molar-refractivity contribution < 1.29 is 19.4 Å². The van der Waals surface area contributed by atoms with Gasteiger partial charge < -0.3 is 14.6 Å². The van der Waals surface area contributed by atoms with Crippen LogP contribution in [0, 0.1) is 0 Å². The van der Waals surface area contributed by atoms with E-state index >= 15 is 0 Å². The lowest BCUT2D eigenvalue weighted by molar-refractivity contribution is -0.136. The first kappa shape index (κ1) is 21.1. The van der Waals surface area contributed by atoms with Crippen LogP contribution in [0.25, 0.3) is 10.8 Å². The number of hydrogen-bond acceptors (Lipinski definition) is 3. The first-order valence-corrected chi connectivity index (χ1v) is 9.34. The van der Waals surface area contributed by atoms with Gasteiger partial charge in [0, 0.05) is 23.1 Å². The average Bonchev–Trinajstić information content (AvgIpc) is 2.55. The van der Waals surface area contributed by atoms with Gasteiger partial charge in [-0.05, 0) is 46.2 Å². The van der Waals surface area contributed by atoms with Crippen molar-refractivity contribution in [3.05, 3.63) is 34.9 Å². The number of ether oxygens (including phenoxy) is 2. The second kappa shape index (κ2) is 7.41. The Bertz CT molecular complexity index is 846. The van der Waals surface area contributed by atoms with Gasteiger partial charge in [0.1, 0.15) is 11.5 Å². The van der Waals surface area contributed by atoms with Crippen LogP contribution < -0.4 is 9.47 Å². The van der Waals surface area contributed by atoms with Crippen LogP contribution in [0.4, 0.5) is 0 Å². The highest BCUT2D eigenvalue weighted by Gasteiger charge is 2.26. The summed E-state index contributed by atoms with van der Waals surface area (Å²) >= 11 is 0. The summed E-state index contributed by atoms with van der Waals surface area (Å²) in [6, 6.07) is 6.38. The normalized spacial score (nSPS) is 12.3. The molecular weight excluding hydrogens is 340 g/mol. The van der Waals surface area contributed by atoms with Gasteiger partial charge in [-0.2, -0.15) is 0 Å². The van der Waals surface area contributed by atoms with Gasteiger partial charge in [0.15, 0.2) is 0 Å². The minimum atomic E-state index is -0.815. The zero-order valence-corrected chi connectivity index (χ0v) is 17.8. The second-order valence-electron chi connectivity index (χ2n) is 9.10. The standard InChI is InChI=1S/C23H32O4/c1-22(2,3)17-11-14-12-18(23(4,5)6)21(27-8)15(9-10-20(24)25)16(14)13-19(17)26-7/h11-13H,9-10H2,1-8H3,(H,24,25). The number of carboxylic acid groups (broad SMARTS) is 1. The fourth-order valence-electron chi connectivity index (χ4n) is 3.51. The SMILES string of the molecule is COc1cc2c(CCC(=O)O)c(OC)c(C(C)(C)C)cc2cc1C(C)(C)C. The van der Waals surface area contributed by atoms with Crippen molar-refractivity contribution in [1.29, 1.82) is 0 Å². The molecular formula is C23H32O4. The highest BCUT2D eigenvalue weighted by atomic mass is 16.5. The Hall–Kier alpha value is -2.23. The summed E-state index contributed by atoms with van der Waals surface area (Å²) < 4.78 is 11.5. The molecule has 0 aliphatic rings. The molecule has 0 radical (unpaired) electrons. The van der Waals surface area contributed by atoms with E-state index in [0.29, 0.717) is 6.42 Å². The van der Waals surface area contributed by atoms with E-state index in [1.807, 2.05) is 6.07 Å². The molecule has 2 aromatic rings. The van der Waals surface area contributed by atoms with E-state index in [1.54, 1.807) is 14.2 Å². The molecule has 0 fully saturated rings. The summed E-state index contributed by atoms with van der Waals surface area (Å²) in [7, 11) is 3.33.